The number of nitrogens with zero attached hydrogens (tertiary/aromatic N) is 1. The van der Waals surface area contributed by atoms with Crippen molar-refractivity contribution in [3.05, 3.63) is 52.0 Å². The van der Waals surface area contributed by atoms with Crippen LogP contribution in [0.5, 0.6) is 0 Å². The van der Waals surface area contributed by atoms with E-state index in [1.807, 2.05) is 13.0 Å². The number of thioether (sulfide) groups is 1. The Hall–Kier alpha value is -1.17. The summed E-state index contributed by atoms with van der Waals surface area (Å²) in [6, 6.07) is 5.31. The van der Waals surface area contributed by atoms with Gasteiger partial charge in [-0.1, -0.05) is 36.2 Å². The molecule has 2 aromatic rings. The van der Waals surface area contributed by atoms with Crippen LogP contribution in [-0.4, -0.2) is 28.3 Å². The second-order valence-corrected chi connectivity index (χ2v) is 7.01. The number of carbonyl (C=O) groups excluding carboxylic acids is 1. The van der Waals surface area contributed by atoms with Crippen LogP contribution in [0.3, 0.4) is 0 Å². The number of nitrogens with one attached hydrogen (secondary N) is 1. The minimum atomic E-state index is -0.562. The zero-order valence-corrected chi connectivity index (χ0v) is 15.2. The first kappa shape index (κ1) is 18.2. The van der Waals surface area contributed by atoms with Gasteiger partial charge in [0.2, 0.25) is 0 Å². The highest BCUT2D eigenvalue weighted by Gasteiger charge is 2.35. The van der Waals surface area contributed by atoms with Gasteiger partial charge >= 0.3 is 5.97 Å². The average molecular weight is 373 g/mol. The minimum Gasteiger partial charge on any atom is -0.465 e. The van der Waals surface area contributed by atoms with Gasteiger partial charge in [0.1, 0.15) is 11.7 Å². The third-order valence-corrected chi connectivity index (χ3v) is 5.05. The lowest BCUT2D eigenvalue weighted by Gasteiger charge is -2.25. The lowest BCUT2D eigenvalue weighted by Crippen LogP contribution is -2.23. The fourth-order valence-corrected chi connectivity index (χ4v) is 4.10. The molecule has 0 amide bonds. The number of benzene rings is 1. The van der Waals surface area contributed by atoms with Crippen LogP contribution in [0, 0.1) is 0 Å². The molecule has 0 aliphatic heterocycles. The average Bonchev–Trinajstić information content (AvgIpc) is 3.01. The van der Waals surface area contributed by atoms with E-state index < -0.39 is 5.92 Å². The Morgan fingerprint density at radius 3 is 2.74 bits per heavy atom. The van der Waals surface area contributed by atoms with E-state index in [4.69, 9.17) is 27.9 Å². The Bertz CT molecular complexity index is 650. The van der Waals surface area contributed by atoms with E-state index in [1.54, 1.807) is 43.2 Å². The molecule has 124 valence electrons. The molecule has 0 radical (unpaired) electrons. The van der Waals surface area contributed by atoms with Crippen molar-refractivity contribution >= 4 is 40.9 Å². The Kier molecular flexibility index (Phi) is 6.81. The molecule has 1 aromatic carbocycles. The number of esters is 1. The van der Waals surface area contributed by atoms with Crippen molar-refractivity contribution in [2.24, 2.45) is 0 Å². The van der Waals surface area contributed by atoms with E-state index in [0.717, 1.165) is 11.3 Å². The SMILES string of the molecule is CCOC(=O)C(c1ncc[nH]1)C(SCC)c1ccc(Cl)cc1Cl. The molecule has 7 heteroatoms. The lowest BCUT2D eigenvalue weighted by atomic mass is 9.97. The summed E-state index contributed by atoms with van der Waals surface area (Å²) in [6.07, 6.45) is 3.32. The van der Waals surface area contributed by atoms with Gasteiger partial charge in [0, 0.05) is 22.4 Å². The highest BCUT2D eigenvalue weighted by atomic mass is 35.5. The number of aromatic nitrogens is 2. The molecule has 1 heterocycles. The van der Waals surface area contributed by atoms with Crippen molar-refractivity contribution in [2.45, 2.75) is 25.0 Å². The molecule has 2 atom stereocenters. The molecule has 23 heavy (non-hydrogen) atoms. The molecule has 4 nitrogen and oxygen atoms in total. The number of hydrogen-bond acceptors (Lipinski definition) is 4. The number of rotatable bonds is 7. The summed E-state index contributed by atoms with van der Waals surface area (Å²) >= 11 is 14.0. The molecule has 0 saturated carbocycles. The van der Waals surface area contributed by atoms with Crippen LogP contribution in [0.15, 0.2) is 30.6 Å². The van der Waals surface area contributed by atoms with Crippen LogP contribution >= 0.6 is 35.0 Å². The second kappa shape index (κ2) is 8.62. The van der Waals surface area contributed by atoms with Gasteiger partial charge < -0.3 is 9.72 Å². The molecule has 0 fully saturated rings. The number of H-pyrrole nitrogens is 1. The molecule has 2 rings (SSSR count). The maximum atomic E-state index is 12.5. The Morgan fingerprint density at radius 2 is 2.17 bits per heavy atom. The van der Waals surface area contributed by atoms with Gasteiger partial charge in [0.25, 0.3) is 0 Å². The molecule has 0 saturated heterocycles. The van der Waals surface area contributed by atoms with Gasteiger partial charge in [-0.05, 0) is 30.4 Å². The number of halogens is 2. The molecule has 2 unspecified atom stereocenters. The van der Waals surface area contributed by atoms with Crippen molar-refractivity contribution in [1.82, 2.24) is 9.97 Å². The van der Waals surface area contributed by atoms with Crippen molar-refractivity contribution in [3.8, 4) is 0 Å². The van der Waals surface area contributed by atoms with Gasteiger partial charge in [-0.2, -0.15) is 11.8 Å². The van der Waals surface area contributed by atoms with Gasteiger partial charge in [0.05, 0.1) is 11.9 Å². The second-order valence-electron chi connectivity index (χ2n) is 4.75. The van der Waals surface area contributed by atoms with E-state index in [0.29, 0.717) is 22.5 Å². The highest BCUT2D eigenvalue weighted by Crippen LogP contribution is 2.44. The number of carbonyl (C=O) groups is 1. The molecule has 1 aromatic heterocycles. The first-order valence-electron chi connectivity index (χ1n) is 7.30. The third-order valence-electron chi connectivity index (χ3n) is 3.27. The quantitative estimate of drug-likeness (QED) is 0.705. The van der Waals surface area contributed by atoms with Crippen molar-refractivity contribution in [2.75, 3.05) is 12.4 Å². The number of imidazole rings is 1. The first-order valence-corrected chi connectivity index (χ1v) is 9.11. The van der Waals surface area contributed by atoms with Gasteiger partial charge in [-0.15, -0.1) is 0 Å². The maximum Gasteiger partial charge on any atom is 0.318 e. The van der Waals surface area contributed by atoms with Crippen molar-refractivity contribution < 1.29 is 9.53 Å². The smallest absolute Gasteiger partial charge is 0.318 e. The summed E-state index contributed by atoms with van der Waals surface area (Å²) < 4.78 is 5.26. The van der Waals surface area contributed by atoms with Crippen LogP contribution in [0.4, 0.5) is 0 Å². The maximum absolute atomic E-state index is 12.5. The van der Waals surface area contributed by atoms with Crippen LogP contribution < -0.4 is 0 Å². The van der Waals surface area contributed by atoms with Crippen LogP contribution in [0.2, 0.25) is 10.0 Å². The minimum absolute atomic E-state index is 0.213. The van der Waals surface area contributed by atoms with Gasteiger partial charge in [0.15, 0.2) is 0 Å². The standard InChI is InChI=1S/C16H18Cl2N2O2S/c1-3-22-16(21)13(15-19-7-8-20-15)14(23-4-2)11-6-5-10(17)9-12(11)18/h5-9,13-14H,3-4H2,1-2H3,(H,19,20). The normalized spacial score (nSPS) is 13.6. The summed E-state index contributed by atoms with van der Waals surface area (Å²) in [4.78, 5) is 19.8. The zero-order chi connectivity index (χ0) is 16.8. The zero-order valence-electron chi connectivity index (χ0n) is 12.9. The van der Waals surface area contributed by atoms with E-state index in [1.165, 1.54) is 0 Å². The molecule has 1 N–H and O–H groups in total. The number of aromatic amines is 1. The van der Waals surface area contributed by atoms with E-state index in [-0.39, 0.29) is 11.2 Å². The van der Waals surface area contributed by atoms with Crippen molar-refractivity contribution in [1.29, 1.82) is 0 Å². The lowest BCUT2D eigenvalue weighted by molar-refractivity contribution is -0.145. The number of ether oxygens (including phenoxy) is 1. The van der Waals surface area contributed by atoms with Crippen LogP contribution in [-0.2, 0) is 9.53 Å². The molecule has 0 aliphatic carbocycles. The molecular weight excluding hydrogens is 355 g/mol. The summed E-state index contributed by atoms with van der Waals surface area (Å²) in [5.74, 6) is 0.508. The first-order chi connectivity index (χ1) is 11.1. The van der Waals surface area contributed by atoms with Gasteiger partial charge in [-0.25, -0.2) is 4.98 Å². The molecular formula is C16H18Cl2N2O2S. The predicted octanol–water partition coefficient (Wildman–Crippen LogP) is 4.86. The third kappa shape index (κ3) is 4.43. The fraction of sp³-hybridized carbons (Fsp3) is 0.375. The monoisotopic (exact) mass is 372 g/mol. The Balaban J connectivity index is 2.47. The largest absolute Gasteiger partial charge is 0.465 e. The summed E-state index contributed by atoms with van der Waals surface area (Å²) in [5.41, 5.74) is 0.845. The molecule has 0 bridgehead atoms. The predicted molar refractivity (Wildman–Crippen MR) is 95.3 cm³/mol. The van der Waals surface area contributed by atoms with E-state index in [2.05, 4.69) is 9.97 Å². The van der Waals surface area contributed by atoms with Crippen LogP contribution in [0.25, 0.3) is 0 Å². The van der Waals surface area contributed by atoms with Gasteiger partial charge in [-0.3, -0.25) is 4.79 Å². The summed E-state index contributed by atoms with van der Waals surface area (Å²) in [6.45, 7) is 4.13. The number of hydrogen-bond donors (Lipinski definition) is 1. The fourth-order valence-electron chi connectivity index (χ4n) is 2.34. The Morgan fingerprint density at radius 1 is 1.39 bits per heavy atom. The van der Waals surface area contributed by atoms with E-state index >= 15 is 0 Å². The highest BCUT2D eigenvalue weighted by molar-refractivity contribution is 7.99. The van der Waals surface area contributed by atoms with Crippen LogP contribution in [0.1, 0.15) is 36.4 Å². The summed E-state index contributed by atoms with van der Waals surface area (Å²) in [7, 11) is 0. The van der Waals surface area contributed by atoms with E-state index in [9.17, 15) is 4.79 Å². The molecule has 0 aliphatic rings. The molecule has 0 spiro atoms. The summed E-state index contributed by atoms with van der Waals surface area (Å²) in [5, 5.41) is 0.879. The Labute approximate surface area is 149 Å². The van der Waals surface area contributed by atoms with Crippen molar-refractivity contribution in [3.63, 3.8) is 0 Å². The topological polar surface area (TPSA) is 55.0 Å².